The maximum absolute atomic E-state index is 12.3. The summed E-state index contributed by atoms with van der Waals surface area (Å²) in [7, 11) is 0. The quantitative estimate of drug-likeness (QED) is 0.616. The van der Waals surface area contributed by atoms with Crippen molar-refractivity contribution >= 4 is 11.4 Å². The first-order valence-corrected chi connectivity index (χ1v) is 3.55. The molecule has 0 aromatic heterocycles. The number of alkyl halides is 3. The van der Waals surface area contributed by atoms with Crippen molar-refractivity contribution in [2.45, 2.75) is 13.1 Å². The number of nitrogen functional groups attached to an aromatic ring is 2. The Balaban J connectivity index is 3.37. The van der Waals surface area contributed by atoms with Gasteiger partial charge < -0.3 is 11.5 Å². The Hall–Kier alpha value is -1.39. The van der Waals surface area contributed by atoms with E-state index in [1.54, 1.807) is 0 Å². The minimum absolute atomic E-state index is 0.0685. The third-order valence-corrected chi connectivity index (χ3v) is 1.71. The van der Waals surface area contributed by atoms with E-state index in [-0.39, 0.29) is 11.4 Å². The minimum atomic E-state index is -4.44. The lowest BCUT2D eigenvalue weighted by Crippen LogP contribution is -2.10. The Morgan fingerprint density at radius 1 is 1.15 bits per heavy atom. The second kappa shape index (κ2) is 2.83. The lowest BCUT2D eigenvalue weighted by Gasteiger charge is -2.12. The van der Waals surface area contributed by atoms with Gasteiger partial charge in [-0.25, -0.2) is 0 Å². The van der Waals surface area contributed by atoms with Crippen LogP contribution in [0.1, 0.15) is 11.1 Å². The molecule has 5 heteroatoms. The molecule has 0 saturated heterocycles. The van der Waals surface area contributed by atoms with Crippen LogP contribution in [0, 0.1) is 6.92 Å². The molecule has 0 amide bonds. The van der Waals surface area contributed by atoms with Gasteiger partial charge in [0.05, 0.1) is 5.56 Å². The third-order valence-electron chi connectivity index (χ3n) is 1.71. The molecule has 0 aliphatic carbocycles. The summed E-state index contributed by atoms with van der Waals surface area (Å²) in [5.41, 5.74) is 9.81. The Bertz CT molecular complexity index is 331. The number of benzene rings is 1. The van der Waals surface area contributed by atoms with E-state index >= 15 is 0 Å². The van der Waals surface area contributed by atoms with Crippen molar-refractivity contribution in [1.82, 2.24) is 0 Å². The van der Waals surface area contributed by atoms with E-state index in [2.05, 4.69) is 0 Å². The topological polar surface area (TPSA) is 52.0 Å². The summed E-state index contributed by atoms with van der Waals surface area (Å²) < 4.78 is 36.8. The Morgan fingerprint density at radius 3 is 2.15 bits per heavy atom. The number of anilines is 2. The maximum atomic E-state index is 12.3. The van der Waals surface area contributed by atoms with E-state index in [4.69, 9.17) is 11.5 Å². The molecule has 0 radical (unpaired) electrons. The molecule has 4 N–H and O–H groups in total. The average Bonchev–Trinajstić information content (AvgIpc) is 1.94. The molecule has 2 nitrogen and oxygen atoms in total. The van der Waals surface area contributed by atoms with Crippen LogP contribution in [-0.4, -0.2) is 0 Å². The number of hydrogen-bond acceptors (Lipinski definition) is 2. The molecule has 0 heterocycles. The molecular formula is C8H9F3N2. The maximum Gasteiger partial charge on any atom is 0.418 e. The zero-order chi connectivity index (χ0) is 10.2. The lowest BCUT2D eigenvalue weighted by molar-refractivity contribution is -0.136. The summed E-state index contributed by atoms with van der Waals surface area (Å²) in [6.07, 6.45) is -4.44. The summed E-state index contributed by atoms with van der Waals surface area (Å²) >= 11 is 0. The van der Waals surface area contributed by atoms with Gasteiger partial charge in [-0.3, -0.25) is 0 Å². The van der Waals surface area contributed by atoms with Crippen LogP contribution in [0.25, 0.3) is 0 Å². The summed E-state index contributed by atoms with van der Waals surface area (Å²) in [4.78, 5) is 0. The van der Waals surface area contributed by atoms with E-state index < -0.39 is 11.7 Å². The van der Waals surface area contributed by atoms with Crippen molar-refractivity contribution in [2.75, 3.05) is 11.5 Å². The fourth-order valence-corrected chi connectivity index (χ4v) is 1.06. The molecule has 0 atom stereocenters. The predicted molar refractivity (Wildman–Crippen MR) is 45.0 cm³/mol. The molecule has 0 fully saturated rings. The Kier molecular flexibility index (Phi) is 2.11. The fourth-order valence-electron chi connectivity index (χ4n) is 1.06. The fraction of sp³-hybridized carbons (Fsp3) is 0.250. The van der Waals surface area contributed by atoms with Crippen LogP contribution in [0.3, 0.4) is 0 Å². The van der Waals surface area contributed by atoms with Crippen LogP contribution in [0.5, 0.6) is 0 Å². The first-order valence-electron chi connectivity index (χ1n) is 3.55. The Morgan fingerprint density at radius 2 is 1.69 bits per heavy atom. The first-order chi connectivity index (χ1) is 5.82. The van der Waals surface area contributed by atoms with Crippen LogP contribution in [-0.2, 0) is 6.18 Å². The largest absolute Gasteiger partial charge is 0.418 e. The molecule has 0 aliphatic heterocycles. The van der Waals surface area contributed by atoms with Crippen molar-refractivity contribution in [2.24, 2.45) is 0 Å². The molecule has 13 heavy (non-hydrogen) atoms. The smallest absolute Gasteiger partial charge is 0.399 e. The number of rotatable bonds is 0. The number of hydrogen-bond donors (Lipinski definition) is 2. The van der Waals surface area contributed by atoms with Gasteiger partial charge in [0, 0.05) is 11.4 Å². The van der Waals surface area contributed by atoms with Gasteiger partial charge in [0.1, 0.15) is 0 Å². The number of aryl methyl sites for hydroxylation is 1. The molecule has 1 rings (SSSR count). The molecule has 1 aromatic carbocycles. The van der Waals surface area contributed by atoms with Crippen molar-refractivity contribution in [3.63, 3.8) is 0 Å². The summed E-state index contributed by atoms with van der Waals surface area (Å²) in [5, 5.41) is 0. The van der Waals surface area contributed by atoms with Crippen LogP contribution >= 0.6 is 0 Å². The minimum Gasteiger partial charge on any atom is -0.399 e. The van der Waals surface area contributed by atoms with Crippen LogP contribution in [0.15, 0.2) is 12.1 Å². The molecule has 1 aromatic rings. The zero-order valence-corrected chi connectivity index (χ0v) is 6.94. The summed E-state index contributed by atoms with van der Waals surface area (Å²) in [5.74, 6) is 0. The van der Waals surface area contributed by atoms with Crippen LogP contribution in [0.4, 0.5) is 24.5 Å². The van der Waals surface area contributed by atoms with Crippen LogP contribution in [0.2, 0.25) is 0 Å². The molecule has 0 spiro atoms. The van der Waals surface area contributed by atoms with Crippen LogP contribution < -0.4 is 11.5 Å². The highest BCUT2D eigenvalue weighted by atomic mass is 19.4. The molecule has 72 valence electrons. The first kappa shape index (κ1) is 9.70. The third kappa shape index (κ3) is 1.85. The summed E-state index contributed by atoms with van der Waals surface area (Å²) in [6.45, 7) is 1.49. The predicted octanol–water partition coefficient (Wildman–Crippen LogP) is 2.18. The Labute approximate surface area is 73.3 Å². The van der Waals surface area contributed by atoms with Crippen molar-refractivity contribution in [3.05, 3.63) is 23.3 Å². The normalized spacial score (nSPS) is 11.7. The molecular weight excluding hydrogens is 181 g/mol. The van der Waals surface area contributed by atoms with E-state index in [0.29, 0.717) is 5.56 Å². The monoisotopic (exact) mass is 190 g/mol. The van der Waals surface area contributed by atoms with Gasteiger partial charge in [-0.15, -0.1) is 0 Å². The highest BCUT2D eigenvalue weighted by Gasteiger charge is 2.33. The second-order valence-corrected chi connectivity index (χ2v) is 2.80. The van der Waals surface area contributed by atoms with Gasteiger partial charge in [-0.1, -0.05) is 0 Å². The van der Waals surface area contributed by atoms with E-state index in [1.165, 1.54) is 13.0 Å². The molecule has 0 unspecified atom stereocenters. The standard InChI is InChI=1S/C8H9F3N2/c1-4-2-5(12)3-6(7(4)13)8(9,10)11/h2-3H,12-13H2,1H3. The van der Waals surface area contributed by atoms with Gasteiger partial charge in [-0.2, -0.15) is 13.2 Å². The molecule has 0 saturated carbocycles. The van der Waals surface area contributed by atoms with E-state index in [1.807, 2.05) is 0 Å². The highest BCUT2D eigenvalue weighted by Crippen LogP contribution is 2.36. The zero-order valence-electron chi connectivity index (χ0n) is 6.94. The van der Waals surface area contributed by atoms with Gasteiger partial charge in [-0.05, 0) is 24.6 Å². The number of nitrogens with two attached hydrogens (primary N) is 2. The van der Waals surface area contributed by atoms with Gasteiger partial charge in [0.25, 0.3) is 0 Å². The molecule has 0 bridgehead atoms. The highest BCUT2D eigenvalue weighted by molar-refractivity contribution is 5.61. The van der Waals surface area contributed by atoms with Gasteiger partial charge in [0.2, 0.25) is 0 Å². The SMILES string of the molecule is Cc1cc(N)cc(C(F)(F)F)c1N. The van der Waals surface area contributed by atoms with Gasteiger partial charge >= 0.3 is 6.18 Å². The van der Waals surface area contributed by atoms with Crippen molar-refractivity contribution in [3.8, 4) is 0 Å². The lowest BCUT2D eigenvalue weighted by atomic mass is 10.1. The second-order valence-electron chi connectivity index (χ2n) is 2.80. The van der Waals surface area contributed by atoms with Crippen molar-refractivity contribution in [1.29, 1.82) is 0 Å². The summed E-state index contributed by atoms with van der Waals surface area (Å²) in [6, 6.07) is 2.24. The molecule has 0 aliphatic rings. The number of halogens is 3. The van der Waals surface area contributed by atoms with E-state index in [9.17, 15) is 13.2 Å². The van der Waals surface area contributed by atoms with E-state index in [0.717, 1.165) is 6.07 Å². The van der Waals surface area contributed by atoms with Gasteiger partial charge in [0.15, 0.2) is 0 Å². The van der Waals surface area contributed by atoms with Crippen molar-refractivity contribution < 1.29 is 13.2 Å². The average molecular weight is 190 g/mol.